The molecule has 0 atom stereocenters. The largest absolute Gasteiger partial charge is 0.465 e. The highest BCUT2D eigenvalue weighted by Crippen LogP contribution is 2.38. The highest BCUT2D eigenvalue weighted by molar-refractivity contribution is 6.43. The van der Waals surface area contributed by atoms with Crippen LogP contribution in [0.4, 0.5) is 5.69 Å². The van der Waals surface area contributed by atoms with Crippen LogP contribution in [0.1, 0.15) is 5.56 Å². The van der Waals surface area contributed by atoms with Crippen LogP contribution in [-0.2, 0) is 9.53 Å². The third-order valence-corrected chi connectivity index (χ3v) is 4.75. The lowest BCUT2D eigenvalue weighted by Gasteiger charge is -2.11. The second kappa shape index (κ2) is 9.32. The monoisotopic (exact) mass is 485 g/mol. The Morgan fingerprint density at radius 3 is 1.78 bits per heavy atom. The first kappa shape index (κ1) is 22.1. The summed E-state index contributed by atoms with van der Waals surface area (Å²) in [4.78, 5) is 12.3. The molecule has 27 heavy (non-hydrogen) atoms. The van der Waals surface area contributed by atoms with Gasteiger partial charge in [-0.25, -0.2) is 4.79 Å². The molecule has 0 saturated heterocycles. The highest BCUT2D eigenvalue weighted by atomic mass is 35.5. The molecule has 142 valence electrons. The minimum Gasteiger partial charge on any atom is -0.465 e. The van der Waals surface area contributed by atoms with Crippen molar-refractivity contribution in [2.45, 2.75) is 0 Å². The van der Waals surface area contributed by atoms with E-state index in [0.29, 0.717) is 5.02 Å². The molecule has 0 aliphatic carbocycles. The second-order valence-corrected chi connectivity index (χ2v) is 7.42. The average Bonchev–Trinajstić information content (AvgIpc) is 2.56. The van der Waals surface area contributed by atoms with Gasteiger partial charge in [-0.15, -0.1) is 10.2 Å². The van der Waals surface area contributed by atoms with Crippen molar-refractivity contribution in [2.75, 3.05) is 7.11 Å². The van der Waals surface area contributed by atoms with E-state index >= 15 is 0 Å². The van der Waals surface area contributed by atoms with E-state index in [2.05, 4.69) is 10.2 Å². The fourth-order valence-corrected chi connectivity index (χ4v) is 3.90. The van der Waals surface area contributed by atoms with Gasteiger partial charge in [0, 0.05) is 15.6 Å². The molecule has 0 amide bonds. The topological polar surface area (TPSA) is 77.0 Å². The van der Waals surface area contributed by atoms with Crippen molar-refractivity contribution < 1.29 is 9.53 Å². The molecular formula is C16H9Cl6N3O2. The zero-order valence-electron chi connectivity index (χ0n) is 13.4. The number of halogens is 6. The minimum absolute atomic E-state index is 0.0774. The van der Waals surface area contributed by atoms with E-state index in [0.717, 1.165) is 7.11 Å². The number of hydrogen-bond donors (Lipinski definition) is 1. The molecule has 0 aliphatic heterocycles. The molecular weight excluding hydrogens is 479 g/mol. The van der Waals surface area contributed by atoms with Crippen LogP contribution in [0.2, 0.25) is 30.1 Å². The molecule has 0 saturated carbocycles. The second-order valence-electron chi connectivity index (χ2n) is 4.91. The van der Waals surface area contributed by atoms with Gasteiger partial charge in [-0.3, -0.25) is 0 Å². The van der Waals surface area contributed by atoms with Crippen LogP contribution in [0.25, 0.3) is 5.57 Å². The van der Waals surface area contributed by atoms with Crippen LogP contribution in [0, 0.1) is 0 Å². The van der Waals surface area contributed by atoms with Gasteiger partial charge in [0.25, 0.3) is 0 Å². The molecule has 0 spiro atoms. The van der Waals surface area contributed by atoms with Gasteiger partial charge in [0.2, 0.25) is 0 Å². The smallest absolute Gasteiger partial charge is 0.342 e. The van der Waals surface area contributed by atoms with Crippen molar-refractivity contribution in [1.29, 1.82) is 0 Å². The van der Waals surface area contributed by atoms with Gasteiger partial charge in [0.15, 0.2) is 5.82 Å². The van der Waals surface area contributed by atoms with E-state index in [9.17, 15) is 4.79 Å². The van der Waals surface area contributed by atoms with Gasteiger partial charge in [-0.1, -0.05) is 69.6 Å². The van der Waals surface area contributed by atoms with E-state index < -0.39 is 5.97 Å². The Labute approximate surface area is 184 Å². The minimum atomic E-state index is -0.828. The summed E-state index contributed by atoms with van der Waals surface area (Å²) < 4.78 is 4.75. The van der Waals surface area contributed by atoms with E-state index in [-0.39, 0.29) is 47.8 Å². The first-order chi connectivity index (χ1) is 12.6. The number of ether oxygens (including phenoxy) is 1. The maximum Gasteiger partial charge on any atom is 0.342 e. The molecule has 0 aliphatic rings. The summed E-state index contributed by atoms with van der Waals surface area (Å²) in [7, 11) is 1.16. The van der Waals surface area contributed by atoms with Crippen molar-refractivity contribution in [3.8, 4) is 0 Å². The third-order valence-electron chi connectivity index (χ3n) is 3.14. The third kappa shape index (κ3) is 5.19. The number of nitrogens with two attached hydrogens (primary N) is 1. The highest BCUT2D eigenvalue weighted by Gasteiger charge is 2.23. The standard InChI is InChI=1S/C16H9Cl6N3O2/c1-27-16(26)13(12-8(19)2-6(17)3-9(12)20)15(23)25-24-14-10(21)4-7(18)5-11(14)22/h2-5H,23H2,1H3/b15-13+,25-24?. The molecule has 0 bridgehead atoms. The van der Waals surface area contributed by atoms with Crippen molar-refractivity contribution in [1.82, 2.24) is 0 Å². The fourth-order valence-electron chi connectivity index (χ4n) is 2.00. The van der Waals surface area contributed by atoms with Gasteiger partial charge in [-0.05, 0) is 24.3 Å². The Kier molecular flexibility index (Phi) is 7.63. The molecule has 0 aromatic heterocycles. The molecule has 0 radical (unpaired) electrons. The SMILES string of the molecule is COC(=O)/C(=C(\N)N=Nc1c(Cl)cc(Cl)cc1Cl)c1c(Cl)cc(Cl)cc1Cl. The zero-order valence-corrected chi connectivity index (χ0v) is 17.9. The molecule has 0 fully saturated rings. The molecule has 0 heterocycles. The lowest BCUT2D eigenvalue weighted by Crippen LogP contribution is -2.11. The van der Waals surface area contributed by atoms with Crippen molar-refractivity contribution in [3.63, 3.8) is 0 Å². The Balaban J connectivity index is 2.63. The number of carbonyl (C=O) groups excluding carboxylic acids is 1. The lowest BCUT2D eigenvalue weighted by atomic mass is 10.1. The molecule has 2 aromatic carbocycles. The first-order valence-corrected chi connectivity index (χ1v) is 9.21. The van der Waals surface area contributed by atoms with Crippen molar-refractivity contribution >= 4 is 86.8 Å². The summed E-state index contributed by atoms with van der Waals surface area (Å²) in [6.45, 7) is 0. The molecule has 0 unspecified atom stereocenters. The van der Waals surface area contributed by atoms with Crippen LogP contribution in [0.3, 0.4) is 0 Å². The molecule has 2 rings (SSSR count). The summed E-state index contributed by atoms with van der Waals surface area (Å²) in [5.41, 5.74) is 5.95. The van der Waals surface area contributed by atoms with Crippen LogP contribution in [-0.4, -0.2) is 13.1 Å². The quantitative estimate of drug-likeness (QED) is 0.281. The number of esters is 1. The van der Waals surface area contributed by atoms with Gasteiger partial charge in [0.1, 0.15) is 11.3 Å². The van der Waals surface area contributed by atoms with Gasteiger partial charge < -0.3 is 10.5 Å². The number of hydrogen-bond acceptors (Lipinski definition) is 5. The van der Waals surface area contributed by atoms with E-state index in [1.807, 2.05) is 0 Å². The summed E-state index contributed by atoms with van der Waals surface area (Å²) in [6.07, 6.45) is 0. The average molecular weight is 488 g/mol. The number of rotatable bonds is 4. The lowest BCUT2D eigenvalue weighted by molar-refractivity contribution is -0.133. The van der Waals surface area contributed by atoms with Crippen LogP contribution in [0.15, 0.2) is 40.3 Å². The number of benzene rings is 2. The Morgan fingerprint density at radius 2 is 1.33 bits per heavy atom. The Hall–Kier alpha value is -1.21. The molecule has 11 heteroatoms. The summed E-state index contributed by atoms with van der Waals surface area (Å²) in [5, 5.41) is 8.74. The predicted molar refractivity (Wildman–Crippen MR) is 111 cm³/mol. The van der Waals surface area contributed by atoms with E-state index in [1.165, 1.54) is 24.3 Å². The predicted octanol–water partition coefficient (Wildman–Crippen LogP) is 7.19. The first-order valence-electron chi connectivity index (χ1n) is 6.95. The zero-order chi connectivity index (χ0) is 20.3. The molecule has 2 aromatic rings. The molecule has 2 N–H and O–H groups in total. The van der Waals surface area contributed by atoms with Crippen LogP contribution < -0.4 is 5.73 Å². The molecule has 5 nitrogen and oxygen atoms in total. The van der Waals surface area contributed by atoms with Gasteiger partial charge in [-0.2, -0.15) is 0 Å². The maximum absolute atomic E-state index is 12.3. The number of azo groups is 1. The summed E-state index contributed by atoms with van der Waals surface area (Å²) >= 11 is 36.2. The fraction of sp³-hybridized carbons (Fsp3) is 0.0625. The van der Waals surface area contributed by atoms with Gasteiger partial charge >= 0.3 is 5.97 Å². The van der Waals surface area contributed by atoms with E-state index in [1.54, 1.807) is 0 Å². The normalized spacial score (nSPS) is 12.3. The van der Waals surface area contributed by atoms with Crippen molar-refractivity contribution in [3.05, 3.63) is 65.8 Å². The Bertz CT molecular complexity index is 929. The van der Waals surface area contributed by atoms with Crippen LogP contribution >= 0.6 is 69.6 Å². The van der Waals surface area contributed by atoms with Crippen LogP contribution in [0.5, 0.6) is 0 Å². The maximum atomic E-state index is 12.3. The van der Waals surface area contributed by atoms with Gasteiger partial charge in [0.05, 0.1) is 27.2 Å². The number of methoxy groups -OCH3 is 1. The number of nitrogens with zero attached hydrogens (tertiary/aromatic N) is 2. The number of carbonyl (C=O) groups is 1. The summed E-state index contributed by atoms with van der Waals surface area (Å²) in [6, 6.07) is 5.64. The summed E-state index contributed by atoms with van der Waals surface area (Å²) in [5.74, 6) is -1.15. The van der Waals surface area contributed by atoms with Crippen molar-refractivity contribution in [2.24, 2.45) is 16.0 Å². The van der Waals surface area contributed by atoms with E-state index in [4.69, 9.17) is 80.1 Å². The Morgan fingerprint density at radius 1 is 0.889 bits per heavy atom.